The smallest absolute Gasteiger partial charge is 0.410 e. The molecular formula is C28H37ClN8O6. The summed E-state index contributed by atoms with van der Waals surface area (Å²) in [6.45, 7) is 9.53. The standard InChI is InChI=1S/C28H37ClN8O6/c1-16(2)37-24-17(10-21(25(37)40)42-15-22(39)30-6)9-18(11-31-24)33-23-20(29)12-32-26(34-23)36-8-7-35(13-19(36)14-38)27(41)43-28(3,4)5/h9-12,16,19,38H,7-8,13-15H2,1-6H3,(H,30,39)(H,32,33,34)/t19-/m1/s1. The molecule has 1 aliphatic rings. The summed E-state index contributed by atoms with van der Waals surface area (Å²) in [5, 5.41) is 16.6. The predicted molar refractivity (Wildman–Crippen MR) is 162 cm³/mol. The van der Waals surface area contributed by atoms with Crippen molar-refractivity contribution in [2.24, 2.45) is 0 Å². The fourth-order valence-corrected chi connectivity index (χ4v) is 4.69. The second-order valence-electron chi connectivity index (χ2n) is 11.3. The molecular weight excluding hydrogens is 580 g/mol. The number of piperazine rings is 1. The van der Waals surface area contributed by atoms with Gasteiger partial charge in [-0.3, -0.25) is 14.2 Å². The molecule has 3 aromatic heterocycles. The zero-order valence-corrected chi connectivity index (χ0v) is 25.8. The lowest BCUT2D eigenvalue weighted by Crippen LogP contribution is -2.57. The van der Waals surface area contributed by atoms with Crippen molar-refractivity contribution in [3.05, 3.63) is 39.9 Å². The van der Waals surface area contributed by atoms with Crippen molar-refractivity contribution >= 4 is 52.1 Å². The third kappa shape index (κ3) is 7.43. The van der Waals surface area contributed by atoms with Crippen LogP contribution in [0.15, 0.2) is 29.3 Å². The lowest BCUT2D eigenvalue weighted by atomic mass is 10.2. The van der Waals surface area contributed by atoms with E-state index in [1.807, 2.05) is 18.7 Å². The number of carbonyl (C=O) groups is 2. The summed E-state index contributed by atoms with van der Waals surface area (Å²) >= 11 is 6.45. The number of carbonyl (C=O) groups excluding carboxylic acids is 2. The van der Waals surface area contributed by atoms with Gasteiger partial charge in [0.25, 0.3) is 11.5 Å². The van der Waals surface area contributed by atoms with E-state index in [9.17, 15) is 19.5 Å². The van der Waals surface area contributed by atoms with Crippen molar-refractivity contribution < 1.29 is 24.2 Å². The van der Waals surface area contributed by atoms with Gasteiger partial charge in [-0.2, -0.15) is 4.98 Å². The van der Waals surface area contributed by atoms with Gasteiger partial charge in [-0.1, -0.05) is 11.6 Å². The summed E-state index contributed by atoms with van der Waals surface area (Å²) in [6, 6.07) is 2.63. The molecule has 0 aromatic carbocycles. The number of anilines is 3. The molecule has 3 N–H and O–H groups in total. The number of halogens is 1. The maximum atomic E-state index is 13.1. The van der Waals surface area contributed by atoms with E-state index in [4.69, 9.17) is 21.1 Å². The van der Waals surface area contributed by atoms with Crippen molar-refractivity contribution in [1.82, 2.24) is 29.7 Å². The largest absolute Gasteiger partial charge is 0.478 e. The van der Waals surface area contributed by atoms with Crippen LogP contribution < -0.4 is 25.8 Å². The van der Waals surface area contributed by atoms with E-state index in [-0.39, 0.29) is 42.5 Å². The molecule has 14 nitrogen and oxygen atoms in total. The number of aromatic nitrogens is 4. The van der Waals surface area contributed by atoms with Gasteiger partial charge >= 0.3 is 6.09 Å². The van der Waals surface area contributed by atoms with Crippen LogP contribution in [-0.2, 0) is 9.53 Å². The van der Waals surface area contributed by atoms with Crippen LogP contribution in [0.3, 0.4) is 0 Å². The molecule has 0 aliphatic carbocycles. The maximum absolute atomic E-state index is 13.1. The summed E-state index contributed by atoms with van der Waals surface area (Å²) in [5.41, 5.74) is -0.0552. The number of ether oxygens (including phenoxy) is 2. The molecule has 4 rings (SSSR count). The van der Waals surface area contributed by atoms with Gasteiger partial charge in [-0.05, 0) is 46.8 Å². The van der Waals surface area contributed by atoms with Crippen LogP contribution in [0.5, 0.6) is 5.75 Å². The van der Waals surface area contributed by atoms with E-state index < -0.39 is 23.3 Å². The fourth-order valence-electron chi connectivity index (χ4n) is 4.55. The average molecular weight is 617 g/mol. The molecule has 1 fully saturated rings. The maximum Gasteiger partial charge on any atom is 0.410 e. The molecule has 4 heterocycles. The van der Waals surface area contributed by atoms with E-state index in [1.54, 1.807) is 44.0 Å². The van der Waals surface area contributed by atoms with Crippen LogP contribution in [0.4, 0.5) is 22.2 Å². The Kier molecular flexibility index (Phi) is 9.60. The van der Waals surface area contributed by atoms with Crippen molar-refractivity contribution in [3.63, 3.8) is 0 Å². The van der Waals surface area contributed by atoms with Crippen LogP contribution in [0.1, 0.15) is 40.7 Å². The van der Waals surface area contributed by atoms with Crippen LogP contribution in [0, 0.1) is 0 Å². The molecule has 0 radical (unpaired) electrons. The van der Waals surface area contributed by atoms with Gasteiger partial charge < -0.3 is 35.0 Å². The number of likely N-dealkylation sites (N-methyl/N-ethyl adjacent to an activating group) is 1. The molecule has 1 atom stereocenters. The van der Waals surface area contributed by atoms with E-state index in [0.29, 0.717) is 41.6 Å². The number of fused-ring (bicyclic) bond motifs is 1. The Morgan fingerprint density at radius 3 is 2.58 bits per heavy atom. The van der Waals surface area contributed by atoms with Gasteiger partial charge in [0, 0.05) is 38.1 Å². The molecule has 0 unspecified atom stereocenters. The molecule has 43 heavy (non-hydrogen) atoms. The van der Waals surface area contributed by atoms with Crippen molar-refractivity contribution in [1.29, 1.82) is 0 Å². The minimum Gasteiger partial charge on any atom is -0.478 e. The van der Waals surface area contributed by atoms with Gasteiger partial charge in [-0.25, -0.2) is 14.8 Å². The highest BCUT2D eigenvalue weighted by Crippen LogP contribution is 2.29. The van der Waals surface area contributed by atoms with Gasteiger partial charge in [0.05, 0.1) is 30.7 Å². The van der Waals surface area contributed by atoms with Crippen molar-refractivity contribution in [2.45, 2.75) is 52.3 Å². The van der Waals surface area contributed by atoms with Crippen molar-refractivity contribution in [3.8, 4) is 5.75 Å². The highest BCUT2D eigenvalue weighted by molar-refractivity contribution is 6.32. The topological polar surface area (TPSA) is 164 Å². The Bertz CT molecular complexity index is 1560. The first-order valence-electron chi connectivity index (χ1n) is 13.8. The number of aliphatic hydroxyl groups excluding tert-OH is 1. The number of amides is 2. The summed E-state index contributed by atoms with van der Waals surface area (Å²) in [5.74, 6) is 0.272. The Hall–Kier alpha value is -4.17. The molecule has 232 valence electrons. The van der Waals surface area contributed by atoms with E-state index in [2.05, 4.69) is 25.6 Å². The number of pyridine rings is 2. The minimum atomic E-state index is -0.632. The molecule has 15 heteroatoms. The van der Waals surface area contributed by atoms with Gasteiger partial charge in [0.15, 0.2) is 18.2 Å². The first-order chi connectivity index (χ1) is 20.3. The Morgan fingerprint density at radius 2 is 1.93 bits per heavy atom. The average Bonchev–Trinajstić information content (AvgIpc) is 2.95. The van der Waals surface area contributed by atoms with Gasteiger partial charge in [-0.15, -0.1) is 0 Å². The van der Waals surface area contributed by atoms with Crippen LogP contribution in [0.2, 0.25) is 5.02 Å². The first-order valence-corrected chi connectivity index (χ1v) is 14.2. The van der Waals surface area contributed by atoms with Crippen LogP contribution >= 0.6 is 11.6 Å². The van der Waals surface area contributed by atoms with E-state index in [0.717, 1.165) is 0 Å². The van der Waals surface area contributed by atoms with Gasteiger partial charge in [0.1, 0.15) is 16.3 Å². The number of nitrogens with one attached hydrogen (secondary N) is 2. The number of hydrogen-bond donors (Lipinski definition) is 3. The molecule has 0 saturated carbocycles. The SMILES string of the molecule is CNC(=O)COc1cc2cc(Nc3nc(N4CCN(C(=O)OC(C)(C)C)C[C@@H]4CO)ncc3Cl)cnc2n(C(C)C)c1=O. The first kappa shape index (κ1) is 31.8. The Morgan fingerprint density at radius 1 is 1.19 bits per heavy atom. The normalized spacial score (nSPS) is 15.5. The summed E-state index contributed by atoms with van der Waals surface area (Å²) < 4.78 is 12.5. The highest BCUT2D eigenvalue weighted by atomic mass is 35.5. The zero-order chi connectivity index (χ0) is 31.5. The molecule has 3 aromatic rings. The zero-order valence-electron chi connectivity index (χ0n) is 25.0. The number of aliphatic hydroxyl groups is 1. The number of hydrogen-bond acceptors (Lipinski definition) is 11. The third-order valence-corrected chi connectivity index (χ3v) is 6.87. The quantitative estimate of drug-likeness (QED) is 0.341. The highest BCUT2D eigenvalue weighted by Gasteiger charge is 2.33. The molecule has 0 spiro atoms. The minimum absolute atomic E-state index is 0.0201. The molecule has 1 aliphatic heterocycles. The number of rotatable bonds is 8. The fraction of sp³-hybridized carbons (Fsp3) is 0.500. The molecule has 0 bridgehead atoms. The summed E-state index contributed by atoms with van der Waals surface area (Å²) in [4.78, 5) is 54.2. The van der Waals surface area contributed by atoms with Gasteiger partial charge in [0.2, 0.25) is 5.95 Å². The van der Waals surface area contributed by atoms with E-state index in [1.165, 1.54) is 17.8 Å². The second kappa shape index (κ2) is 13.0. The van der Waals surface area contributed by atoms with E-state index >= 15 is 0 Å². The lowest BCUT2D eigenvalue weighted by Gasteiger charge is -2.40. The molecule has 1 saturated heterocycles. The Labute approximate surface area is 254 Å². The van der Waals surface area contributed by atoms with Crippen LogP contribution in [0.25, 0.3) is 11.0 Å². The van der Waals surface area contributed by atoms with Crippen molar-refractivity contribution in [2.75, 3.05) is 50.1 Å². The molecule has 2 amide bonds. The summed E-state index contributed by atoms with van der Waals surface area (Å²) in [7, 11) is 1.48. The monoisotopic (exact) mass is 616 g/mol. The Balaban J connectivity index is 1.60. The second-order valence-corrected chi connectivity index (χ2v) is 11.7. The predicted octanol–water partition coefficient (Wildman–Crippen LogP) is 2.71. The summed E-state index contributed by atoms with van der Waals surface area (Å²) in [6.07, 6.45) is 2.56. The van der Waals surface area contributed by atoms with Crippen LogP contribution in [-0.4, -0.2) is 93.1 Å². The lowest BCUT2D eigenvalue weighted by molar-refractivity contribution is -0.122. The third-order valence-electron chi connectivity index (χ3n) is 6.59. The number of nitrogens with zero attached hydrogens (tertiary/aromatic N) is 6.